The molecule has 0 fully saturated rings. The number of nitrogens with one attached hydrogen (secondary N) is 1. The molecule has 2 aromatic rings. The van der Waals surface area contributed by atoms with Crippen LogP contribution in [0.1, 0.15) is 12.0 Å². The lowest BCUT2D eigenvalue weighted by atomic mass is 10.1. The Morgan fingerprint density at radius 1 is 1.19 bits per heavy atom. The zero-order chi connectivity index (χ0) is 15.3. The average molecular weight is 310 g/mol. The molecule has 5 nitrogen and oxygen atoms in total. The van der Waals surface area contributed by atoms with Crippen LogP contribution >= 0.6 is 0 Å². The van der Waals surface area contributed by atoms with Gasteiger partial charge in [-0.1, -0.05) is 12.1 Å². The minimum absolute atomic E-state index is 0.0476. The minimum Gasteiger partial charge on any atom is -0.396 e. The molecule has 1 heterocycles. The van der Waals surface area contributed by atoms with Crippen molar-refractivity contribution in [1.29, 1.82) is 0 Å². The van der Waals surface area contributed by atoms with Crippen molar-refractivity contribution in [3.63, 3.8) is 0 Å². The van der Waals surface area contributed by atoms with Gasteiger partial charge in [0, 0.05) is 12.8 Å². The quantitative estimate of drug-likeness (QED) is 0.854. The lowest BCUT2D eigenvalue weighted by Crippen LogP contribution is -2.14. The van der Waals surface area contributed by atoms with Gasteiger partial charge in [0.2, 0.25) is 0 Å². The third-order valence-corrected chi connectivity index (χ3v) is 4.26. The van der Waals surface area contributed by atoms with Gasteiger partial charge in [-0.3, -0.25) is 9.71 Å². The molecule has 0 saturated heterocycles. The minimum atomic E-state index is -3.84. The van der Waals surface area contributed by atoms with E-state index in [0.717, 1.165) is 11.8 Å². The van der Waals surface area contributed by atoms with Gasteiger partial charge in [-0.05, 0) is 36.6 Å². The Hall–Kier alpha value is -1.99. The number of aliphatic hydroxyl groups excluding tert-OH is 1. The van der Waals surface area contributed by atoms with Gasteiger partial charge in [0.1, 0.15) is 0 Å². The number of anilines is 1. The van der Waals surface area contributed by atoms with E-state index in [1.807, 2.05) is 0 Å². The maximum Gasteiger partial charge on any atom is 0.261 e. The average Bonchev–Trinajstić information content (AvgIpc) is 2.48. The number of rotatable bonds is 6. The summed E-state index contributed by atoms with van der Waals surface area (Å²) in [5.41, 5.74) is 0.785. The fraction of sp³-hybridized carbons (Fsp3) is 0.214. The van der Waals surface area contributed by atoms with Crippen molar-refractivity contribution < 1.29 is 17.9 Å². The van der Waals surface area contributed by atoms with E-state index in [1.165, 1.54) is 24.4 Å². The summed E-state index contributed by atoms with van der Waals surface area (Å²) in [4.78, 5) is 3.61. The van der Waals surface area contributed by atoms with Gasteiger partial charge in [0.15, 0.2) is 5.82 Å². The third kappa shape index (κ3) is 3.99. The molecular weight excluding hydrogens is 295 g/mol. The summed E-state index contributed by atoms with van der Waals surface area (Å²) in [6, 6.07) is 7.50. The van der Waals surface area contributed by atoms with Crippen LogP contribution in [0.25, 0.3) is 0 Å². The Labute approximate surface area is 122 Å². The number of aryl methyl sites for hydroxylation is 1. The highest BCUT2D eigenvalue weighted by Gasteiger charge is 2.16. The number of sulfonamides is 1. The van der Waals surface area contributed by atoms with Crippen LogP contribution in [0.3, 0.4) is 0 Å². The summed E-state index contributed by atoms with van der Waals surface area (Å²) in [5, 5.41) is 8.76. The molecule has 0 aliphatic carbocycles. The van der Waals surface area contributed by atoms with Gasteiger partial charge in [0.05, 0.1) is 16.8 Å². The van der Waals surface area contributed by atoms with Gasteiger partial charge in [-0.2, -0.15) is 0 Å². The van der Waals surface area contributed by atoms with Crippen LogP contribution < -0.4 is 4.72 Å². The van der Waals surface area contributed by atoms with Gasteiger partial charge < -0.3 is 5.11 Å². The molecule has 1 aromatic carbocycles. The standard InChI is InChI=1S/C14H15FN2O3S/c15-13-10-16-8-7-14(13)17-21(19,20)12-5-3-11(4-6-12)2-1-9-18/h3-8,10,18H,1-2,9H2,(H,16,17). The van der Waals surface area contributed by atoms with Crippen LogP contribution in [-0.2, 0) is 16.4 Å². The van der Waals surface area contributed by atoms with E-state index in [4.69, 9.17) is 5.11 Å². The van der Waals surface area contributed by atoms with Crippen molar-refractivity contribution in [3.05, 3.63) is 54.1 Å². The molecule has 2 N–H and O–H groups in total. The summed E-state index contributed by atoms with van der Waals surface area (Å²) >= 11 is 0. The lowest BCUT2D eigenvalue weighted by Gasteiger charge is -2.09. The first-order chi connectivity index (χ1) is 10.0. The van der Waals surface area contributed by atoms with Crippen LogP contribution in [0, 0.1) is 5.82 Å². The molecule has 2 rings (SSSR count). The summed E-state index contributed by atoms with van der Waals surface area (Å²) in [6.45, 7) is 0.0862. The number of hydrogen-bond acceptors (Lipinski definition) is 4. The van der Waals surface area contributed by atoms with Crippen molar-refractivity contribution in [2.45, 2.75) is 17.7 Å². The number of halogens is 1. The molecule has 0 aliphatic heterocycles. The number of pyridine rings is 1. The molecule has 1 aromatic heterocycles. The van der Waals surface area contributed by atoms with Crippen LogP contribution in [0.15, 0.2) is 47.6 Å². The smallest absolute Gasteiger partial charge is 0.261 e. The van der Waals surface area contributed by atoms with Crippen molar-refractivity contribution in [1.82, 2.24) is 4.98 Å². The Kier molecular flexibility index (Phi) is 4.87. The zero-order valence-corrected chi connectivity index (χ0v) is 12.0. The predicted octanol–water partition coefficient (Wildman–Crippen LogP) is 1.95. The van der Waals surface area contributed by atoms with E-state index in [2.05, 4.69) is 9.71 Å². The van der Waals surface area contributed by atoms with E-state index in [-0.39, 0.29) is 17.2 Å². The normalized spacial score (nSPS) is 11.3. The number of aliphatic hydroxyl groups is 1. The SMILES string of the molecule is O=S(=O)(Nc1ccncc1F)c1ccc(CCCO)cc1. The number of aromatic nitrogens is 1. The fourth-order valence-electron chi connectivity index (χ4n) is 1.78. The zero-order valence-electron chi connectivity index (χ0n) is 11.2. The van der Waals surface area contributed by atoms with Crippen LogP contribution in [-0.4, -0.2) is 25.1 Å². The van der Waals surface area contributed by atoms with E-state index in [9.17, 15) is 12.8 Å². The molecule has 0 aliphatic rings. The van der Waals surface area contributed by atoms with Crippen LogP contribution in [0.4, 0.5) is 10.1 Å². The molecule has 0 atom stereocenters. The first-order valence-corrected chi connectivity index (χ1v) is 7.83. The summed E-state index contributed by atoms with van der Waals surface area (Å²) in [7, 11) is -3.84. The first-order valence-electron chi connectivity index (χ1n) is 6.35. The summed E-state index contributed by atoms with van der Waals surface area (Å²) in [6.07, 6.45) is 3.53. The van der Waals surface area contributed by atoms with Gasteiger partial charge >= 0.3 is 0 Å². The van der Waals surface area contributed by atoms with Gasteiger partial charge in [-0.25, -0.2) is 12.8 Å². The first kappa shape index (κ1) is 15.4. The maximum atomic E-state index is 13.4. The molecule has 21 heavy (non-hydrogen) atoms. The van der Waals surface area contributed by atoms with Crippen LogP contribution in [0.2, 0.25) is 0 Å². The topological polar surface area (TPSA) is 79.3 Å². The number of nitrogens with zero attached hydrogens (tertiary/aromatic N) is 1. The molecule has 0 radical (unpaired) electrons. The Bertz CT molecular complexity index is 702. The largest absolute Gasteiger partial charge is 0.396 e. The highest BCUT2D eigenvalue weighted by Crippen LogP contribution is 2.18. The Morgan fingerprint density at radius 3 is 2.52 bits per heavy atom. The van der Waals surface area contributed by atoms with Gasteiger partial charge in [0.25, 0.3) is 10.0 Å². The van der Waals surface area contributed by atoms with Crippen molar-refractivity contribution >= 4 is 15.7 Å². The van der Waals surface area contributed by atoms with E-state index in [1.54, 1.807) is 12.1 Å². The second-order valence-electron chi connectivity index (χ2n) is 4.43. The predicted molar refractivity (Wildman–Crippen MR) is 76.9 cm³/mol. The Morgan fingerprint density at radius 2 is 1.90 bits per heavy atom. The molecular formula is C14H15FN2O3S. The van der Waals surface area contributed by atoms with E-state index < -0.39 is 15.8 Å². The second-order valence-corrected chi connectivity index (χ2v) is 6.11. The van der Waals surface area contributed by atoms with Crippen molar-refractivity contribution in [2.75, 3.05) is 11.3 Å². The number of benzene rings is 1. The molecule has 112 valence electrons. The number of hydrogen-bond donors (Lipinski definition) is 2. The van der Waals surface area contributed by atoms with Crippen LogP contribution in [0.5, 0.6) is 0 Å². The van der Waals surface area contributed by atoms with E-state index in [0.29, 0.717) is 12.8 Å². The van der Waals surface area contributed by atoms with E-state index >= 15 is 0 Å². The van der Waals surface area contributed by atoms with Gasteiger partial charge in [-0.15, -0.1) is 0 Å². The van der Waals surface area contributed by atoms with Crippen molar-refractivity contribution in [3.8, 4) is 0 Å². The molecule has 0 bridgehead atoms. The molecule has 7 heteroatoms. The third-order valence-electron chi connectivity index (χ3n) is 2.87. The lowest BCUT2D eigenvalue weighted by molar-refractivity contribution is 0.288. The Balaban J connectivity index is 2.18. The fourth-order valence-corrected chi connectivity index (χ4v) is 2.85. The maximum absolute atomic E-state index is 13.4. The second kappa shape index (κ2) is 6.64. The highest BCUT2D eigenvalue weighted by molar-refractivity contribution is 7.92. The molecule has 0 spiro atoms. The summed E-state index contributed by atoms with van der Waals surface area (Å²) in [5.74, 6) is -0.736. The molecule has 0 unspecified atom stereocenters. The summed E-state index contributed by atoms with van der Waals surface area (Å²) < 4.78 is 39.9. The molecule has 0 saturated carbocycles. The monoisotopic (exact) mass is 310 g/mol. The highest BCUT2D eigenvalue weighted by atomic mass is 32.2. The van der Waals surface area contributed by atoms with Crippen molar-refractivity contribution in [2.24, 2.45) is 0 Å². The molecule has 0 amide bonds.